The Kier molecular flexibility index (Phi) is 5.39. The van der Waals surface area contributed by atoms with Crippen molar-refractivity contribution in [1.29, 1.82) is 0 Å². The number of nitrogens with one attached hydrogen (secondary N) is 1. The zero-order valence-corrected chi connectivity index (χ0v) is 13.7. The average Bonchev–Trinajstić information content (AvgIpc) is 2.46. The Morgan fingerprint density at radius 1 is 1.24 bits per heavy atom. The van der Waals surface area contributed by atoms with Gasteiger partial charge in [0.2, 0.25) is 0 Å². The quantitative estimate of drug-likeness (QED) is 0.888. The molecule has 110 valence electrons. The van der Waals surface area contributed by atoms with Gasteiger partial charge >= 0.3 is 0 Å². The average molecular weight is 348 g/mol. The molecule has 0 aromatic heterocycles. The summed E-state index contributed by atoms with van der Waals surface area (Å²) in [4.78, 5) is 12.1. The largest absolute Gasteiger partial charge is 0.491 e. The van der Waals surface area contributed by atoms with Crippen LogP contribution in [0.5, 0.6) is 5.75 Å². The van der Waals surface area contributed by atoms with Gasteiger partial charge in [0.1, 0.15) is 12.4 Å². The zero-order chi connectivity index (χ0) is 15.2. The Hall–Kier alpha value is -1.81. The molecule has 4 heteroatoms. The van der Waals surface area contributed by atoms with Crippen molar-refractivity contribution >= 4 is 21.8 Å². The summed E-state index contributed by atoms with van der Waals surface area (Å²) in [5.41, 5.74) is 1.82. The van der Waals surface area contributed by atoms with Crippen molar-refractivity contribution in [2.24, 2.45) is 0 Å². The number of benzene rings is 2. The van der Waals surface area contributed by atoms with Gasteiger partial charge in [0.05, 0.1) is 6.04 Å². The smallest absolute Gasteiger partial charge is 0.251 e. The van der Waals surface area contributed by atoms with E-state index in [1.165, 1.54) is 5.56 Å². The maximum Gasteiger partial charge on any atom is 0.251 e. The monoisotopic (exact) mass is 347 g/mol. The molecule has 0 fully saturated rings. The third kappa shape index (κ3) is 4.90. The van der Waals surface area contributed by atoms with Crippen LogP contribution >= 0.6 is 15.9 Å². The number of rotatable bonds is 5. The molecule has 2 rings (SSSR count). The van der Waals surface area contributed by atoms with E-state index in [1.54, 1.807) is 12.1 Å². The first-order valence-corrected chi connectivity index (χ1v) is 7.60. The van der Waals surface area contributed by atoms with Crippen molar-refractivity contribution in [2.75, 3.05) is 6.61 Å². The highest BCUT2D eigenvalue weighted by atomic mass is 79.9. The van der Waals surface area contributed by atoms with Gasteiger partial charge in [-0.1, -0.05) is 39.7 Å². The lowest BCUT2D eigenvalue weighted by molar-refractivity contribution is 0.0926. The number of ether oxygens (including phenoxy) is 1. The summed E-state index contributed by atoms with van der Waals surface area (Å²) in [5, 5.41) is 2.92. The summed E-state index contributed by atoms with van der Waals surface area (Å²) in [5.74, 6) is 0.709. The van der Waals surface area contributed by atoms with Crippen molar-refractivity contribution in [3.63, 3.8) is 0 Å². The molecule has 0 aliphatic heterocycles. The Morgan fingerprint density at radius 3 is 2.62 bits per heavy atom. The molecule has 0 spiro atoms. The van der Waals surface area contributed by atoms with Gasteiger partial charge in [0.25, 0.3) is 5.91 Å². The van der Waals surface area contributed by atoms with Crippen LogP contribution in [0.25, 0.3) is 0 Å². The first kappa shape index (κ1) is 15.6. The van der Waals surface area contributed by atoms with Gasteiger partial charge in [-0.25, -0.2) is 0 Å². The minimum atomic E-state index is -0.101. The molecule has 1 unspecified atom stereocenters. The van der Waals surface area contributed by atoms with Crippen molar-refractivity contribution in [2.45, 2.75) is 19.9 Å². The fourth-order valence-electron chi connectivity index (χ4n) is 1.83. The molecule has 0 aliphatic rings. The number of hydrogen-bond acceptors (Lipinski definition) is 2. The molecule has 21 heavy (non-hydrogen) atoms. The van der Waals surface area contributed by atoms with Crippen LogP contribution in [0.4, 0.5) is 0 Å². The van der Waals surface area contributed by atoms with Gasteiger partial charge in [-0.15, -0.1) is 0 Å². The molecule has 0 saturated carbocycles. The normalized spacial score (nSPS) is 11.8. The van der Waals surface area contributed by atoms with Crippen molar-refractivity contribution < 1.29 is 9.53 Å². The molecule has 2 aromatic rings. The second-order valence-corrected chi connectivity index (χ2v) is 5.92. The van der Waals surface area contributed by atoms with Crippen molar-refractivity contribution in [1.82, 2.24) is 5.32 Å². The van der Waals surface area contributed by atoms with E-state index in [2.05, 4.69) is 21.2 Å². The summed E-state index contributed by atoms with van der Waals surface area (Å²) >= 11 is 3.36. The molecule has 1 N–H and O–H groups in total. The molecule has 0 heterocycles. The molecule has 0 radical (unpaired) electrons. The second-order valence-electron chi connectivity index (χ2n) is 5.01. The van der Waals surface area contributed by atoms with Crippen LogP contribution in [0.2, 0.25) is 0 Å². The van der Waals surface area contributed by atoms with Crippen molar-refractivity contribution in [3.8, 4) is 5.75 Å². The third-order valence-electron chi connectivity index (χ3n) is 2.99. The molecular weight excluding hydrogens is 330 g/mol. The highest BCUT2D eigenvalue weighted by Crippen LogP contribution is 2.13. The molecule has 0 bridgehead atoms. The topological polar surface area (TPSA) is 38.3 Å². The molecule has 1 atom stereocenters. The van der Waals surface area contributed by atoms with Gasteiger partial charge in [-0.3, -0.25) is 4.79 Å². The Bertz CT molecular complexity index is 610. The Balaban J connectivity index is 1.85. The van der Waals surface area contributed by atoms with E-state index in [1.807, 2.05) is 50.2 Å². The van der Waals surface area contributed by atoms with Gasteiger partial charge in [-0.2, -0.15) is 0 Å². The maximum absolute atomic E-state index is 12.1. The lowest BCUT2D eigenvalue weighted by Crippen LogP contribution is -2.36. The van der Waals surface area contributed by atoms with E-state index >= 15 is 0 Å². The standard InChI is InChI=1S/C17H18BrNO2/c1-12-6-8-16(9-7-12)21-11-13(2)19-17(20)14-4-3-5-15(18)10-14/h3-10,13H,11H2,1-2H3,(H,19,20). The van der Waals surface area contributed by atoms with E-state index in [0.717, 1.165) is 10.2 Å². The zero-order valence-electron chi connectivity index (χ0n) is 12.1. The van der Waals surface area contributed by atoms with Crippen LogP contribution in [0.15, 0.2) is 53.0 Å². The molecule has 0 saturated heterocycles. The Morgan fingerprint density at radius 2 is 1.95 bits per heavy atom. The number of aryl methyl sites for hydroxylation is 1. The fourth-order valence-corrected chi connectivity index (χ4v) is 2.23. The van der Waals surface area contributed by atoms with Crippen LogP contribution in [0, 0.1) is 6.92 Å². The van der Waals surface area contributed by atoms with Gasteiger partial charge in [-0.05, 0) is 44.2 Å². The number of amides is 1. The van der Waals surface area contributed by atoms with E-state index in [4.69, 9.17) is 4.74 Å². The fraction of sp³-hybridized carbons (Fsp3) is 0.235. The number of hydrogen-bond donors (Lipinski definition) is 1. The van der Waals surface area contributed by atoms with Gasteiger partial charge < -0.3 is 10.1 Å². The number of carbonyl (C=O) groups excluding carboxylic acids is 1. The number of carbonyl (C=O) groups is 1. The van der Waals surface area contributed by atoms with Gasteiger partial charge in [0.15, 0.2) is 0 Å². The summed E-state index contributed by atoms with van der Waals surface area (Å²) in [6, 6.07) is 15.1. The van der Waals surface area contributed by atoms with E-state index in [-0.39, 0.29) is 11.9 Å². The van der Waals surface area contributed by atoms with E-state index in [9.17, 15) is 4.79 Å². The highest BCUT2D eigenvalue weighted by Gasteiger charge is 2.10. The molecule has 0 aliphatic carbocycles. The predicted molar refractivity (Wildman–Crippen MR) is 87.7 cm³/mol. The van der Waals surface area contributed by atoms with Crippen LogP contribution in [-0.4, -0.2) is 18.6 Å². The lowest BCUT2D eigenvalue weighted by atomic mass is 10.2. The first-order chi connectivity index (χ1) is 10.0. The maximum atomic E-state index is 12.1. The first-order valence-electron chi connectivity index (χ1n) is 6.80. The minimum absolute atomic E-state index is 0.0715. The summed E-state index contributed by atoms with van der Waals surface area (Å²) < 4.78 is 6.55. The predicted octanol–water partition coefficient (Wildman–Crippen LogP) is 3.95. The highest BCUT2D eigenvalue weighted by molar-refractivity contribution is 9.10. The molecule has 3 nitrogen and oxygen atoms in total. The van der Waals surface area contributed by atoms with Crippen LogP contribution in [-0.2, 0) is 0 Å². The van der Waals surface area contributed by atoms with E-state index in [0.29, 0.717) is 12.2 Å². The molecular formula is C17H18BrNO2. The SMILES string of the molecule is Cc1ccc(OCC(C)NC(=O)c2cccc(Br)c2)cc1. The van der Waals surface area contributed by atoms with Crippen molar-refractivity contribution in [3.05, 3.63) is 64.1 Å². The number of halogens is 1. The van der Waals surface area contributed by atoms with Gasteiger partial charge in [0, 0.05) is 10.0 Å². The van der Waals surface area contributed by atoms with Crippen LogP contribution in [0.1, 0.15) is 22.8 Å². The minimum Gasteiger partial charge on any atom is -0.491 e. The second kappa shape index (κ2) is 7.27. The summed E-state index contributed by atoms with van der Waals surface area (Å²) in [6.07, 6.45) is 0. The van der Waals surface area contributed by atoms with Crippen LogP contribution < -0.4 is 10.1 Å². The summed E-state index contributed by atoms with van der Waals surface area (Å²) in [6.45, 7) is 4.39. The third-order valence-corrected chi connectivity index (χ3v) is 3.48. The lowest BCUT2D eigenvalue weighted by Gasteiger charge is -2.15. The summed E-state index contributed by atoms with van der Waals surface area (Å²) in [7, 11) is 0. The molecule has 2 aromatic carbocycles. The molecule has 1 amide bonds. The van der Waals surface area contributed by atoms with E-state index < -0.39 is 0 Å². The van der Waals surface area contributed by atoms with Crippen LogP contribution in [0.3, 0.4) is 0 Å². The Labute approximate surface area is 133 Å².